The van der Waals surface area contributed by atoms with Crippen LogP contribution < -0.4 is 11.1 Å². The first-order valence-electron chi connectivity index (χ1n) is 6.87. The average Bonchev–Trinajstić information content (AvgIpc) is 2.74. The number of hydrogen-bond acceptors (Lipinski definition) is 7. The van der Waals surface area contributed by atoms with Crippen LogP contribution in [-0.2, 0) is 9.84 Å². The summed E-state index contributed by atoms with van der Waals surface area (Å²) in [6.45, 7) is 3.88. The fourth-order valence-electron chi connectivity index (χ4n) is 2.40. The minimum Gasteiger partial charge on any atom is -0.382 e. The van der Waals surface area contributed by atoms with Gasteiger partial charge in [-0.2, -0.15) is 4.37 Å². The van der Waals surface area contributed by atoms with E-state index in [0.717, 1.165) is 37.5 Å². The van der Waals surface area contributed by atoms with Crippen molar-refractivity contribution in [2.75, 3.05) is 36.9 Å². The second kappa shape index (κ2) is 6.28. The Balaban J connectivity index is 2.17. The first kappa shape index (κ1) is 15.5. The zero-order valence-corrected chi connectivity index (χ0v) is 13.6. The van der Waals surface area contributed by atoms with Gasteiger partial charge in [-0.1, -0.05) is 6.92 Å². The van der Waals surface area contributed by atoms with Crippen molar-refractivity contribution in [2.24, 2.45) is 0 Å². The van der Waals surface area contributed by atoms with Crippen molar-refractivity contribution in [3.63, 3.8) is 0 Å². The first-order chi connectivity index (χ1) is 9.44. The molecule has 20 heavy (non-hydrogen) atoms. The molecule has 1 saturated heterocycles. The molecule has 0 unspecified atom stereocenters. The third-order valence-electron chi connectivity index (χ3n) is 3.51. The maximum absolute atomic E-state index is 12.3. The van der Waals surface area contributed by atoms with Crippen LogP contribution in [-0.4, -0.2) is 49.6 Å². The highest BCUT2D eigenvalue weighted by molar-refractivity contribution is 7.91. The van der Waals surface area contributed by atoms with Crippen LogP contribution >= 0.6 is 11.5 Å². The van der Waals surface area contributed by atoms with Crippen LogP contribution in [0.5, 0.6) is 0 Å². The Morgan fingerprint density at radius 1 is 1.45 bits per heavy atom. The van der Waals surface area contributed by atoms with Crippen LogP contribution in [0.1, 0.15) is 26.2 Å². The smallest absolute Gasteiger partial charge is 0.185 e. The summed E-state index contributed by atoms with van der Waals surface area (Å²) in [5, 5.41) is 3.93. The van der Waals surface area contributed by atoms with E-state index in [-0.39, 0.29) is 16.5 Å². The van der Waals surface area contributed by atoms with E-state index in [1.807, 2.05) is 6.92 Å². The molecule has 1 fully saturated rings. The van der Waals surface area contributed by atoms with Crippen molar-refractivity contribution < 1.29 is 8.42 Å². The molecule has 3 N–H and O–H groups in total. The third kappa shape index (κ3) is 3.42. The lowest BCUT2D eigenvalue weighted by Crippen LogP contribution is -2.36. The van der Waals surface area contributed by atoms with Gasteiger partial charge < -0.3 is 16.0 Å². The fourth-order valence-corrected chi connectivity index (χ4v) is 5.08. The number of nitrogens with zero attached hydrogens (tertiary/aromatic N) is 2. The van der Waals surface area contributed by atoms with Crippen molar-refractivity contribution in [3.8, 4) is 0 Å². The van der Waals surface area contributed by atoms with Crippen LogP contribution in [0, 0.1) is 0 Å². The number of sulfone groups is 1. The van der Waals surface area contributed by atoms with Gasteiger partial charge in [0.25, 0.3) is 0 Å². The highest BCUT2D eigenvalue weighted by atomic mass is 32.2. The van der Waals surface area contributed by atoms with Crippen LogP contribution in [0.25, 0.3) is 0 Å². The van der Waals surface area contributed by atoms with Crippen LogP contribution in [0.2, 0.25) is 0 Å². The summed E-state index contributed by atoms with van der Waals surface area (Å²) in [6.07, 6.45) is 2.58. The molecule has 0 bridgehead atoms. The molecular formula is C12H22N4O2S2. The minimum atomic E-state index is -3.34. The quantitative estimate of drug-likeness (QED) is 0.853. The van der Waals surface area contributed by atoms with Crippen molar-refractivity contribution in [1.82, 2.24) is 9.27 Å². The second-order valence-corrected chi connectivity index (χ2v) is 8.09. The molecule has 0 saturated carbocycles. The predicted octanol–water partition coefficient (Wildman–Crippen LogP) is 1.42. The van der Waals surface area contributed by atoms with Gasteiger partial charge in [0.05, 0.1) is 5.75 Å². The average molecular weight is 318 g/mol. The molecule has 0 aliphatic carbocycles. The maximum atomic E-state index is 12.3. The number of nitrogens with two attached hydrogens (primary N) is 1. The molecule has 0 amide bonds. The predicted molar refractivity (Wildman–Crippen MR) is 83.0 cm³/mol. The SMILES string of the molecule is CCCS(=O)(=O)c1c(N)nsc1NC1CCN(C)CC1. The number of nitrogen functional groups attached to an aromatic ring is 1. The lowest BCUT2D eigenvalue weighted by molar-refractivity contribution is 0.264. The summed E-state index contributed by atoms with van der Waals surface area (Å²) in [6, 6.07) is 0.293. The van der Waals surface area contributed by atoms with Gasteiger partial charge >= 0.3 is 0 Å². The summed E-state index contributed by atoms with van der Waals surface area (Å²) in [7, 11) is -1.24. The molecule has 1 aliphatic rings. The lowest BCUT2D eigenvalue weighted by Gasteiger charge is -2.29. The van der Waals surface area contributed by atoms with Gasteiger partial charge in [-0.15, -0.1) is 0 Å². The molecule has 6 nitrogen and oxygen atoms in total. The maximum Gasteiger partial charge on any atom is 0.185 e. The number of likely N-dealkylation sites (tertiary alicyclic amines) is 1. The summed E-state index contributed by atoms with van der Waals surface area (Å²) in [4.78, 5) is 2.47. The lowest BCUT2D eigenvalue weighted by atomic mass is 10.1. The number of rotatable bonds is 5. The van der Waals surface area contributed by atoms with Crippen LogP contribution in [0.3, 0.4) is 0 Å². The van der Waals surface area contributed by atoms with Gasteiger partial charge in [-0.3, -0.25) is 0 Å². The third-order valence-corrected chi connectivity index (χ3v) is 6.41. The zero-order chi connectivity index (χ0) is 14.8. The van der Waals surface area contributed by atoms with E-state index >= 15 is 0 Å². The molecule has 2 rings (SSSR count). The van der Waals surface area contributed by atoms with Crippen molar-refractivity contribution in [3.05, 3.63) is 0 Å². The summed E-state index contributed by atoms with van der Waals surface area (Å²) in [5.41, 5.74) is 5.76. The molecule has 1 aromatic heterocycles. The van der Waals surface area contributed by atoms with E-state index in [1.165, 1.54) is 0 Å². The van der Waals surface area contributed by atoms with Gasteiger partial charge in [0.15, 0.2) is 15.7 Å². The number of hydrogen-bond donors (Lipinski definition) is 2. The highest BCUT2D eigenvalue weighted by Crippen LogP contribution is 2.33. The fraction of sp³-hybridized carbons (Fsp3) is 0.750. The Morgan fingerprint density at radius 3 is 2.70 bits per heavy atom. The summed E-state index contributed by atoms with van der Waals surface area (Å²) >= 11 is 1.14. The van der Waals surface area contributed by atoms with E-state index in [1.54, 1.807) is 0 Å². The summed E-state index contributed by atoms with van der Waals surface area (Å²) < 4.78 is 28.5. The van der Waals surface area contributed by atoms with Gasteiger partial charge in [-0.25, -0.2) is 8.42 Å². The Bertz CT molecular complexity index is 548. The monoisotopic (exact) mass is 318 g/mol. The number of nitrogens with one attached hydrogen (secondary N) is 1. The van der Waals surface area contributed by atoms with Crippen LogP contribution in [0.15, 0.2) is 4.90 Å². The Kier molecular flexibility index (Phi) is 4.87. The van der Waals surface area contributed by atoms with Crippen molar-refractivity contribution >= 4 is 32.2 Å². The molecule has 0 spiro atoms. The molecule has 0 radical (unpaired) electrons. The van der Waals surface area contributed by atoms with Crippen molar-refractivity contribution in [2.45, 2.75) is 37.1 Å². The molecule has 0 atom stereocenters. The number of aromatic nitrogens is 1. The Labute approximate surface area is 124 Å². The molecule has 1 aliphatic heterocycles. The topological polar surface area (TPSA) is 88.3 Å². The van der Waals surface area contributed by atoms with Gasteiger partial charge in [0.2, 0.25) is 0 Å². The summed E-state index contributed by atoms with van der Waals surface area (Å²) in [5.74, 6) is 0.233. The molecular weight excluding hydrogens is 296 g/mol. The van der Waals surface area contributed by atoms with Gasteiger partial charge in [0, 0.05) is 6.04 Å². The molecule has 2 heterocycles. The molecule has 114 valence electrons. The van der Waals surface area contributed by atoms with Crippen molar-refractivity contribution in [1.29, 1.82) is 0 Å². The first-order valence-corrected chi connectivity index (χ1v) is 9.29. The standard InChI is InChI=1S/C12H22N4O2S2/c1-3-8-20(17,18)10-11(13)15-19-12(10)14-9-4-6-16(2)7-5-9/h9,14H,3-8H2,1-2H3,(H2,13,15). The molecule has 8 heteroatoms. The van der Waals surface area contributed by atoms with E-state index in [9.17, 15) is 8.42 Å². The molecule has 1 aromatic rings. The van der Waals surface area contributed by atoms with E-state index in [0.29, 0.717) is 17.5 Å². The largest absolute Gasteiger partial charge is 0.382 e. The normalized spacial score (nSPS) is 18.3. The number of anilines is 2. The molecule has 0 aromatic carbocycles. The van der Waals surface area contributed by atoms with Gasteiger partial charge in [0.1, 0.15) is 9.90 Å². The van der Waals surface area contributed by atoms with Gasteiger partial charge in [-0.05, 0) is 50.9 Å². The Morgan fingerprint density at radius 2 is 2.10 bits per heavy atom. The van der Waals surface area contributed by atoms with E-state index in [2.05, 4.69) is 21.6 Å². The minimum absolute atomic E-state index is 0.109. The zero-order valence-electron chi connectivity index (χ0n) is 11.9. The highest BCUT2D eigenvalue weighted by Gasteiger charge is 2.27. The van der Waals surface area contributed by atoms with E-state index < -0.39 is 9.84 Å². The van der Waals surface area contributed by atoms with E-state index in [4.69, 9.17) is 5.73 Å². The Hall–Kier alpha value is -0.860. The number of piperidine rings is 1. The second-order valence-electron chi connectivity index (χ2n) is 5.27. The van der Waals surface area contributed by atoms with Crippen LogP contribution in [0.4, 0.5) is 10.8 Å².